The molecule has 0 unspecified atom stereocenters. The first-order chi connectivity index (χ1) is 6.86. The lowest BCUT2D eigenvalue weighted by Crippen LogP contribution is -2.36. The number of hydrogen-bond donors (Lipinski definition) is 2. The number of nitrogens with two attached hydrogens (primary N) is 1. The summed E-state index contributed by atoms with van der Waals surface area (Å²) in [5.74, 6) is 0.849. The minimum Gasteiger partial charge on any atom is -0.395 e. The van der Waals surface area contributed by atoms with Crippen molar-refractivity contribution in [3.05, 3.63) is 0 Å². The largest absolute Gasteiger partial charge is 0.395 e. The zero-order valence-electron chi connectivity index (χ0n) is 9.12. The van der Waals surface area contributed by atoms with E-state index in [0.717, 1.165) is 25.6 Å². The molecule has 0 amide bonds. The Morgan fingerprint density at radius 1 is 1.14 bits per heavy atom. The van der Waals surface area contributed by atoms with E-state index < -0.39 is 0 Å². The molecule has 3 nitrogen and oxygen atoms in total. The summed E-state index contributed by atoms with van der Waals surface area (Å²) in [6, 6.07) is 0. The van der Waals surface area contributed by atoms with E-state index >= 15 is 0 Å². The Morgan fingerprint density at radius 3 is 2.43 bits per heavy atom. The molecular weight excluding hydrogens is 176 g/mol. The molecule has 1 aliphatic carbocycles. The molecule has 1 saturated carbocycles. The van der Waals surface area contributed by atoms with Gasteiger partial charge in [0.05, 0.1) is 6.61 Å². The normalized spacial score (nSPS) is 19.1. The molecule has 0 aromatic carbocycles. The van der Waals surface area contributed by atoms with Crippen LogP contribution in [0, 0.1) is 5.92 Å². The van der Waals surface area contributed by atoms with Gasteiger partial charge in [0.25, 0.3) is 0 Å². The summed E-state index contributed by atoms with van der Waals surface area (Å²) >= 11 is 0. The second-order valence-electron chi connectivity index (χ2n) is 4.32. The summed E-state index contributed by atoms with van der Waals surface area (Å²) in [4.78, 5) is 2.30. The van der Waals surface area contributed by atoms with E-state index in [1.54, 1.807) is 0 Å². The van der Waals surface area contributed by atoms with Crippen molar-refractivity contribution in [2.24, 2.45) is 11.7 Å². The first-order valence-corrected chi connectivity index (χ1v) is 5.90. The molecule has 1 aliphatic rings. The molecule has 0 atom stereocenters. The van der Waals surface area contributed by atoms with Gasteiger partial charge >= 0.3 is 0 Å². The van der Waals surface area contributed by atoms with Crippen molar-refractivity contribution >= 4 is 0 Å². The summed E-state index contributed by atoms with van der Waals surface area (Å²) in [6.45, 7) is 3.81. The molecule has 1 rings (SSSR count). The maximum atomic E-state index is 8.91. The summed E-state index contributed by atoms with van der Waals surface area (Å²) in [5, 5.41) is 8.91. The van der Waals surface area contributed by atoms with Gasteiger partial charge in [0, 0.05) is 26.2 Å². The Morgan fingerprint density at radius 2 is 1.86 bits per heavy atom. The van der Waals surface area contributed by atoms with Crippen molar-refractivity contribution in [1.82, 2.24) is 4.90 Å². The molecular formula is C11H24N2O. The minimum absolute atomic E-state index is 0.257. The molecule has 3 heteroatoms. The molecule has 3 N–H and O–H groups in total. The highest BCUT2D eigenvalue weighted by atomic mass is 16.3. The average Bonchev–Trinajstić information content (AvgIpc) is 2.20. The molecule has 0 saturated heterocycles. The predicted molar refractivity (Wildman–Crippen MR) is 59.2 cm³/mol. The fourth-order valence-electron chi connectivity index (χ4n) is 2.35. The van der Waals surface area contributed by atoms with Crippen LogP contribution in [0.25, 0.3) is 0 Å². The highest BCUT2D eigenvalue weighted by Gasteiger charge is 2.16. The van der Waals surface area contributed by atoms with Crippen LogP contribution in [0.15, 0.2) is 0 Å². The van der Waals surface area contributed by atoms with Gasteiger partial charge in [-0.15, -0.1) is 0 Å². The van der Waals surface area contributed by atoms with Crippen LogP contribution in [-0.4, -0.2) is 42.8 Å². The van der Waals surface area contributed by atoms with Crippen molar-refractivity contribution in [2.75, 3.05) is 32.8 Å². The lowest BCUT2D eigenvalue weighted by Gasteiger charge is -2.28. The number of nitrogens with zero attached hydrogens (tertiary/aromatic N) is 1. The van der Waals surface area contributed by atoms with E-state index in [1.165, 1.54) is 32.1 Å². The number of hydrogen-bond acceptors (Lipinski definition) is 3. The van der Waals surface area contributed by atoms with E-state index in [4.69, 9.17) is 10.8 Å². The van der Waals surface area contributed by atoms with Crippen LogP contribution in [0.5, 0.6) is 0 Å². The molecule has 0 bridgehead atoms. The standard InChI is InChI=1S/C11H24N2O/c12-6-7-13(8-9-14)10-11-4-2-1-3-5-11/h11,14H,1-10,12H2. The fourth-order valence-corrected chi connectivity index (χ4v) is 2.35. The summed E-state index contributed by atoms with van der Waals surface area (Å²) in [5.41, 5.74) is 5.54. The molecule has 1 fully saturated rings. The van der Waals surface area contributed by atoms with Gasteiger partial charge in [-0.25, -0.2) is 0 Å². The van der Waals surface area contributed by atoms with Crippen LogP contribution in [0.4, 0.5) is 0 Å². The Labute approximate surface area is 87.3 Å². The third-order valence-electron chi connectivity index (χ3n) is 3.10. The second-order valence-corrected chi connectivity index (χ2v) is 4.32. The van der Waals surface area contributed by atoms with E-state index in [0.29, 0.717) is 6.54 Å². The highest BCUT2D eigenvalue weighted by molar-refractivity contribution is 4.70. The van der Waals surface area contributed by atoms with Gasteiger partial charge in [0.15, 0.2) is 0 Å². The van der Waals surface area contributed by atoms with Gasteiger partial charge in [-0.05, 0) is 18.8 Å². The van der Waals surface area contributed by atoms with Crippen LogP contribution >= 0.6 is 0 Å². The smallest absolute Gasteiger partial charge is 0.0558 e. The molecule has 0 aromatic rings. The van der Waals surface area contributed by atoms with Crippen molar-refractivity contribution in [3.63, 3.8) is 0 Å². The molecule has 14 heavy (non-hydrogen) atoms. The van der Waals surface area contributed by atoms with Crippen molar-refractivity contribution in [3.8, 4) is 0 Å². The second kappa shape index (κ2) is 7.21. The molecule has 84 valence electrons. The van der Waals surface area contributed by atoms with Crippen molar-refractivity contribution in [2.45, 2.75) is 32.1 Å². The van der Waals surface area contributed by atoms with Gasteiger partial charge in [0.1, 0.15) is 0 Å². The minimum atomic E-state index is 0.257. The van der Waals surface area contributed by atoms with E-state index in [9.17, 15) is 0 Å². The fraction of sp³-hybridized carbons (Fsp3) is 1.00. The Kier molecular flexibility index (Phi) is 6.15. The summed E-state index contributed by atoms with van der Waals surface area (Å²) < 4.78 is 0. The Hall–Kier alpha value is -0.120. The topological polar surface area (TPSA) is 49.5 Å². The van der Waals surface area contributed by atoms with E-state index in [2.05, 4.69) is 4.90 Å². The van der Waals surface area contributed by atoms with Crippen LogP contribution in [0.3, 0.4) is 0 Å². The lowest BCUT2D eigenvalue weighted by molar-refractivity contribution is 0.163. The average molecular weight is 200 g/mol. The lowest BCUT2D eigenvalue weighted by atomic mass is 9.89. The Bertz CT molecular complexity index is 129. The number of aliphatic hydroxyl groups excluding tert-OH is 1. The third kappa shape index (κ3) is 4.40. The Balaban J connectivity index is 2.21. The quantitative estimate of drug-likeness (QED) is 0.667. The van der Waals surface area contributed by atoms with E-state index in [1.807, 2.05) is 0 Å². The third-order valence-corrected chi connectivity index (χ3v) is 3.10. The van der Waals surface area contributed by atoms with Crippen LogP contribution in [0.1, 0.15) is 32.1 Å². The monoisotopic (exact) mass is 200 g/mol. The van der Waals surface area contributed by atoms with E-state index in [-0.39, 0.29) is 6.61 Å². The van der Waals surface area contributed by atoms with Gasteiger partial charge in [0.2, 0.25) is 0 Å². The maximum absolute atomic E-state index is 8.91. The zero-order valence-corrected chi connectivity index (χ0v) is 9.12. The van der Waals surface area contributed by atoms with Crippen molar-refractivity contribution in [1.29, 1.82) is 0 Å². The first-order valence-electron chi connectivity index (χ1n) is 5.90. The molecule has 0 spiro atoms. The number of rotatable bonds is 6. The van der Waals surface area contributed by atoms with Crippen LogP contribution in [0.2, 0.25) is 0 Å². The number of aliphatic hydroxyl groups is 1. The molecule has 0 heterocycles. The maximum Gasteiger partial charge on any atom is 0.0558 e. The zero-order chi connectivity index (χ0) is 10.2. The summed E-state index contributed by atoms with van der Waals surface area (Å²) in [6.07, 6.45) is 6.92. The van der Waals surface area contributed by atoms with Crippen molar-refractivity contribution < 1.29 is 5.11 Å². The van der Waals surface area contributed by atoms with Crippen LogP contribution < -0.4 is 5.73 Å². The molecule has 0 radical (unpaired) electrons. The molecule has 0 aliphatic heterocycles. The van der Waals surface area contributed by atoms with Gasteiger partial charge < -0.3 is 10.8 Å². The highest BCUT2D eigenvalue weighted by Crippen LogP contribution is 2.24. The predicted octanol–water partition coefficient (Wildman–Crippen LogP) is 0.820. The van der Waals surface area contributed by atoms with Gasteiger partial charge in [-0.3, -0.25) is 4.90 Å². The van der Waals surface area contributed by atoms with Gasteiger partial charge in [-0.1, -0.05) is 19.3 Å². The summed E-state index contributed by atoms with van der Waals surface area (Å²) in [7, 11) is 0. The SMILES string of the molecule is NCCN(CCO)CC1CCCCC1. The van der Waals surface area contributed by atoms with Crippen LogP contribution in [-0.2, 0) is 0 Å². The first kappa shape index (κ1) is 12.0. The molecule has 0 aromatic heterocycles. The van der Waals surface area contributed by atoms with Gasteiger partial charge in [-0.2, -0.15) is 0 Å².